The second-order valence-electron chi connectivity index (χ2n) is 2.96. The first-order valence-electron chi connectivity index (χ1n) is 4.38. The molecule has 2 nitrogen and oxygen atoms in total. The van der Waals surface area contributed by atoms with E-state index in [2.05, 4.69) is 26.2 Å². The van der Waals surface area contributed by atoms with Crippen molar-refractivity contribution < 1.29 is 0 Å². The Morgan fingerprint density at radius 1 is 1.13 bits per heavy atom. The predicted molar refractivity (Wildman–Crippen MR) is 66.7 cm³/mol. The number of rotatable bonds is 2. The van der Waals surface area contributed by atoms with Crippen molar-refractivity contribution in [2.24, 2.45) is 0 Å². The summed E-state index contributed by atoms with van der Waals surface area (Å²) in [4.78, 5) is 3.99. The highest BCUT2D eigenvalue weighted by Crippen LogP contribution is 2.28. The number of anilines is 2. The first-order chi connectivity index (χ1) is 7.27. The molecule has 0 bridgehead atoms. The smallest absolute Gasteiger partial charge is 0.0640 e. The molecular formula is C11H8BrClN2. The first kappa shape index (κ1) is 10.5. The summed E-state index contributed by atoms with van der Waals surface area (Å²) in [6.45, 7) is 0. The maximum absolute atomic E-state index is 6.03. The van der Waals surface area contributed by atoms with E-state index in [1.165, 1.54) is 0 Å². The summed E-state index contributed by atoms with van der Waals surface area (Å²) in [5.41, 5.74) is 1.82. The Bertz CT molecular complexity index is 430. The lowest BCUT2D eigenvalue weighted by atomic mass is 10.3. The number of aromatic nitrogens is 1. The molecule has 1 N–H and O–H groups in total. The summed E-state index contributed by atoms with van der Waals surface area (Å²) in [6.07, 6.45) is 3.46. The van der Waals surface area contributed by atoms with Gasteiger partial charge in [0.15, 0.2) is 0 Å². The van der Waals surface area contributed by atoms with E-state index < -0.39 is 0 Å². The highest BCUT2D eigenvalue weighted by Gasteiger charge is 2.01. The van der Waals surface area contributed by atoms with Gasteiger partial charge in [0.2, 0.25) is 0 Å². The summed E-state index contributed by atoms with van der Waals surface area (Å²) >= 11 is 9.44. The van der Waals surface area contributed by atoms with Crippen molar-refractivity contribution in [1.29, 1.82) is 0 Å². The second kappa shape index (κ2) is 4.64. The standard InChI is InChI=1S/C11H8BrClN2/c12-8-7-14-6-5-10(8)15-11-4-2-1-3-9(11)13/h1-7H,(H,14,15). The van der Waals surface area contributed by atoms with Gasteiger partial charge < -0.3 is 5.32 Å². The summed E-state index contributed by atoms with van der Waals surface area (Å²) in [7, 11) is 0. The lowest BCUT2D eigenvalue weighted by Crippen LogP contribution is -1.92. The van der Waals surface area contributed by atoms with E-state index in [9.17, 15) is 0 Å². The summed E-state index contributed by atoms with van der Waals surface area (Å²) in [5, 5.41) is 3.92. The fraction of sp³-hybridized carbons (Fsp3) is 0. The van der Waals surface area contributed by atoms with E-state index in [0.29, 0.717) is 5.02 Å². The zero-order valence-corrected chi connectivity index (χ0v) is 10.1. The van der Waals surface area contributed by atoms with Crippen LogP contribution in [0.5, 0.6) is 0 Å². The lowest BCUT2D eigenvalue weighted by molar-refractivity contribution is 1.30. The Labute approximate surface area is 101 Å². The van der Waals surface area contributed by atoms with Gasteiger partial charge >= 0.3 is 0 Å². The van der Waals surface area contributed by atoms with Crippen molar-refractivity contribution in [3.8, 4) is 0 Å². The Morgan fingerprint density at radius 2 is 1.93 bits per heavy atom. The minimum atomic E-state index is 0.696. The number of hydrogen-bond acceptors (Lipinski definition) is 2. The molecule has 2 rings (SSSR count). The quantitative estimate of drug-likeness (QED) is 0.891. The Balaban J connectivity index is 2.30. The Kier molecular flexibility index (Phi) is 3.23. The summed E-state index contributed by atoms with van der Waals surface area (Å²) < 4.78 is 0.907. The molecule has 0 spiro atoms. The number of nitrogens with one attached hydrogen (secondary N) is 1. The molecule has 0 aliphatic rings. The average molecular weight is 284 g/mol. The fourth-order valence-electron chi connectivity index (χ4n) is 1.18. The van der Waals surface area contributed by atoms with Crippen LogP contribution in [0.4, 0.5) is 11.4 Å². The minimum absolute atomic E-state index is 0.696. The molecule has 0 radical (unpaired) electrons. The van der Waals surface area contributed by atoms with Crippen LogP contribution in [0.1, 0.15) is 0 Å². The molecule has 1 heterocycles. The van der Waals surface area contributed by atoms with E-state index in [4.69, 9.17) is 11.6 Å². The summed E-state index contributed by atoms with van der Waals surface area (Å²) in [6, 6.07) is 9.49. The van der Waals surface area contributed by atoms with Gasteiger partial charge in [-0.3, -0.25) is 4.98 Å². The van der Waals surface area contributed by atoms with Crippen molar-refractivity contribution in [2.75, 3.05) is 5.32 Å². The predicted octanol–water partition coefficient (Wildman–Crippen LogP) is 4.24. The molecule has 0 unspecified atom stereocenters. The van der Waals surface area contributed by atoms with Gasteiger partial charge in [-0.05, 0) is 34.1 Å². The van der Waals surface area contributed by atoms with Crippen molar-refractivity contribution in [3.63, 3.8) is 0 Å². The number of benzene rings is 1. The van der Waals surface area contributed by atoms with Crippen LogP contribution in [0.3, 0.4) is 0 Å². The van der Waals surface area contributed by atoms with E-state index >= 15 is 0 Å². The van der Waals surface area contributed by atoms with E-state index in [0.717, 1.165) is 15.8 Å². The maximum Gasteiger partial charge on any atom is 0.0640 e. The van der Waals surface area contributed by atoms with Crippen molar-refractivity contribution >= 4 is 38.9 Å². The monoisotopic (exact) mass is 282 g/mol. The maximum atomic E-state index is 6.03. The Morgan fingerprint density at radius 3 is 2.67 bits per heavy atom. The van der Waals surface area contributed by atoms with Crippen molar-refractivity contribution in [2.45, 2.75) is 0 Å². The molecule has 1 aromatic carbocycles. The Hall–Kier alpha value is -1.06. The fourth-order valence-corrected chi connectivity index (χ4v) is 1.72. The van der Waals surface area contributed by atoms with Gasteiger partial charge in [0.05, 0.1) is 20.9 Å². The molecule has 2 aromatic rings. The molecule has 0 atom stereocenters. The summed E-state index contributed by atoms with van der Waals surface area (Å²) in [5.74, 6) is 0. The molecular weight excluding hydrogens is 275 g/mol. The molecule has 0 fully saturated rings. The van der Waals surface area contributed by atoms with Gasteiger partial charge in [-0.25, -0.2) is 0 Å². The van der Waals surface area contributed by atoms with Crippen LogP contribution >= 0.6 is 27.5 Å². The largest absolute Gasteiger partial charge is 0.353 e. The number of para-hydroxylation sites is 1. The molecule has 76 valence electrons. The van der Waals surface area contributed by atoms with Crippen LogP contribution in [-0.2, 0) is 0 Å². The topological polar surface area (TPSA) is 24.9 Å². The van der Waals surface area contributed by atoms with Gasteiger partial charge in [-0.2, -0.15) is 0 Å². The highest BCUT2D eigenvalue weighted by molar-refractivity contribution is 9.10. The van der Waals surface area contributed by atoms with Crippen molar-refractivity contribution in [3.05, 3.63) is 52.2 Å². The van der Waals surface area contributed by atoms with E-state index in [1.54, 1.807) is 12.4 Å². The molecule has 4 heteroatoms. The van der Waals surface area contributed by atoms with Crippen LogP contribution in [-0.4, -0.2) is 4.98 Å². The van der Waals surface area contributed by atoms with Crippen LogP contribution in [0.15, 0.2) is 47.2 Å². The van der Waals surface area contributed by atoms with Gasteiger partial charge in [0.1, 0.15) is 0 Å². The normalized spacial score (nSPS) is 10.0. The SMILES string of the molecule is Clc1ccccc1Nc1ccncc1Br. The number of nitrogens with zero attached hydrogens (tertiary/aromatic N) is 1. The molecule has 0 saturated carbocycles. The molecule has 0 saturated heterocycles. The first-order valence-corrected chi connectivity index (χ1v) is 5.55. The van der Waals surface area contributed by atoms with E-state index in [-0.39, 0.29) is 0 Å². The zero-order valence-electron chi connectivity index (χ0n) is 7.74. The number of hydrogen-bond donors (Lipinski definition) is 1. The third-order valence-corrected chi connectivity index (χ3v) is 2.88. The van der Waals surface area contributed by atoms with Gasteiger partial charge in [0.25, 0.3) is 0 Å². The second-order valence-corrected chi connectivity index (χ2v) is 4.22. The lowest BCUT2D eigenvalue weighted by Gasteiger charge is -2.09. The van der Waals surface area contributed by atoms with Crippen LogP contribution < -0.4 is 5.32 Å². The minimum Gasteiger partial charge on any atom is -0.353 e. The molecule has 0 aliphatic heterocycles. The van der Waals surface area contributed by atoms with Crippen LogP contribution in [0.2, 0.25) is 5.02 Å². The van der Waals surface area contributed by atoms with Crippen LogP contribution in [0.25, 0.3) is 0 Å². The third kappa shape index (κ3) is 2.49. The molecule has 0 amide bonds. The average Bonchev–Trinajstić information content (AvgIpc) is 2.24. The van der Waals surface area contributed by atoms with Gasteiger partial charge in [0, 0.05) is 12.4 Å². The number of pyridine rings is 1. The molecule has 15 heavy (non-hydrogen) atoms. The molecule has 1 aromatic heterocycles. The molecule has 0 aliphatic carbocycles. The third-order valence-electron chi connectivity index (χ3n) is 1.92. The van der Waals surface area contributed by atoms with Gasteiger partial charge in [-0.15, -0.1) is 0 Å². The van der Waals surface area contributed by atoms with Gasteiger partial charge in [-0.1, -0.05) is 23.7 Å². The number of halogens is 2. The van der Waals surface area contributed by atoms with Crippen LogP contribution in [0, 0.1) is 0 Å². The van der Waals surface area contributed by atoms with Crippen molar-refractivity contribution in [1.82, 2.24) is 4.98 Å². The van der Waals surface area contributed by atoms with E-state index in [1.807, 2.05) is 30.3 Å². The highest BCUT2D eigenvalue weighted by atomic mass is 79.9. The zero-order chi connectivity index (χ0) is 10.7.